The van der Waals surface area contributed by atoms with Crippen LogP contribution in [0.25, 0.3) is 0 Å². The summed E-state index contributed by atoms with van der Waals surface area (Å²) in [7, 11) is 1.45. The van der Waals surface area contributed by atoms with E-state index < -0.39 is 11.6 Å². The first-order valence-electron chi connectivity index (χ1n) is 7.09. The van der Waals surface area contributed by atoms with Gasteiger partial charge in [0.15, 0.2) is 0 Å². The maximum absolute atomic E-state index is 13.7. The van der Waals surface area contributed by atoms with Gasteiger partial charge in [0.05, 0.1) is 0 Å². The molecule has 0 aliphatic carbocycles. The smallest absolute Gasteiger partial charge is 0.254 e. The minimum atomic E-state index is -0.733. The van der Waals surface area contributed by atoms with Crippen LogP contribution in [0.15, 0.2) is 12.1 Å². The third-order valence-electron chi connectivity index (χ3n) is 3.68. The molecule has 0 atom stereocenters. The van der Waals surface area contributed by atoms with Crippen molar-refractivity contribution in [2.45, 2.75) is 32.1 Å². The summed E-state index contributed by atoms with van der Waals surface area (Å²) in [5, 5.41) is 2.45. The molecule has 110 valence electrons. The second-order valence-electron chi connectivity index (χ2n) is 5.12. The Labute approximate surface area is 118 Å². The standard InChI is InChI=1S/C15H20F2N2O/c1-18-14-12(16)9-11(10-13(14)17)15(20)19-7-5-3-2-4-6-8-19/h9-10,18H,2-8H2,1H3. The van der Waals surface area contributed by atoms with Gasteiger partial charge in [0.25, 0.3) is 5.91 Å². The number of halogens is 2. The predicted octanol–water partition coefficient (Wildman–Crippen LogP) is 3.41. The molecule has 2 rings (SSSR count). The van der Waals surface area contributed by atoms with Gasteiger partial charge in [0, 0.05) is 25.7 Å². The monoisotopic (exact) mass is 282 g/mol. The van der Waals surface area contributed by atoms with E-state index in [0.29, 0.717) is 13.1 Å². The number of carbonyl (C=O) groups excluding carboxylic acids is 1. The van der Waals surface area contributed by atoms with Gasteiger partial charge in [-0.15, -0.1) is 0 Å². The largest absolute Gasteiger partial charge is 0.383 e. The minimum absolute atomic E-state index is 0.0829. The van der Waals surface area contributed by atoms with Crippen molar-refractivity contribution in [3.8, 4) is 0 Å². The van der Waals surface area contributed by atoms with Crippen LogP contribution >= 0.6 is 0 Å². The average molecular weight is 282 g/mol. The van der Waals surface area contributed by atoms with E-state index in [2.05, 4.69) is 5.32 Å². The zero-order chi connectivity index (χ0) is 14.5. The molecule has 0 unspecified atom stereocenters. The molecule has 1 aromatic carbocycles. The first-order chi connectivity index (χ1) is 9.63. The lowest BCUT2D eigenvalue weighted by atomic mass is 10.1. The fraction of sp³-hybridized carbons (Fsp3) is 0.533. The zero-order valence-corrected chi connectivity index (χ0v) is 11.7. The second kappa shape index (κ2) is 6.68. The molecule has 1 aliphatic rings. The van der Waals surface area contributed by atoms with Crippen LogP contribution in [0.1, 0.15) is 42.5 Å². The molecule has 1 fully saturated rings. The van der Waals surface area contributed by atoms with Crippen molar-refractivity contribution in [2.24, 2.45) is 0 Å². The highest BCUT2D eigenvalue weighted by Crippen LogP contribution is 2.22. The van der Waals surface area contributed by atoms with E-state index in [9.17, 15) is 13.6 Å². The van der Waals surface area contributed by atoms with Crippen LogP contribution in [0.3, 0.4) is 0 Å². The van der Waals surface area contributed by atoms with Crippen molar-refractivity contribution in [1.82, 2.24) is 4.90 Å². The molecule has 1 N–H and O–H groups in total. The predicted molar refractivity (Wildman–Crippen MR) is 74.9 cm³/mol. The lowest BCUT2D eigenvalue weighted by Crippen LogP contribution is -2.34. The Kier molecular flexibility index (Phi) is 4.93. The van der Waals surface area contributed by atoms with E-state index in [1.54, 1.807) is 4.90 Å². The number of hydrogen-bond donors (Lipinski definition) is 1. The minimum Gasteiger partial charge on any atom is -0.383 e. The van der Waals surface area contributed by atoms with Crippen LogP contribution in [-0.4, -0.2) is 30.9 Å². The molecule has 0 spiro atoms. The highest BCUT2D eigenvalue weighted by Gasteiger charge is 2.20. The molecule has 1 aliphatic heterocycles. The van der Waals surface area contributed by atoms with Crippen molar-refractivity contribution in [1.29, 1.82) is 0 Å². The van der Waals surface area contributed by atoms with Gasteiger partial charge in [-0.05, 0) is 25.0 Å². The van der Waals surface area contributed by atoms with Crippen LogP contribution in [0, 0.1) is 11.6 Å². The Morgan fingerprint density at radius 2 is 1.55 bits per heavy atom. The maximum Gasteiger partial charge on any atom is 0.254 e. The van der Waals surface area contributed by atoms with Gasteiger partial charge < -0.3 is 10.2 Å². The summed E-state index contributed by atoms with van der Waals surface area (Å²) in [5.74, 6) is -1.75. The van der Waals surface area contributed by atoms with E-state index >= 15 is 0 Å². The molecule has 0 radical (unpaired) electrons. The SMILES string of the molecule is CNc1c(F)cc(C(=O)N2CCCCCCC2)cc1F. The summed E-state index contributed by atoms with van der Waals surface area (Å²) in [4.78, 5) is 14.0. The number of likely N-dealkylation sites (tertiary alicyclic amines) is 1. The summed E-state index contributed by atoms with van der Waals surface area (Å²) < 4.78 is 27.4. The Bertz CT molecular complexity index is 460. The van der Waals surface area contributed by atoms with Crippen LogP contribution in [0.4, 0.5) is 14.5 Å². The van der Waals surface area contributed by atoms with Crippen molar-refractivity contribution in [3.05, 3.63) is 29.3 Å². The van der Waals surface area contributed by atoms with Crippen LogP contribution < -0.4 is 5.32 Å². The van der Waals surface area contributed by atoms with E-state index in [-0.39, 0.29) is 17.2 Å². The Hall–Kier alpha value is -1.65. The summed E-state index contributed by atoms with van der Waals surface area (Å²) in [6.07, 6.45) is 5.30. The van der Waals surface area contributed by atoms with Gasteiger partial charge in [-0.1, -0.05) is 19.3 Å². The molecule has 0 bridgehead atoms. The van der Waals surface area contributed by atoms with E-state index in [4.69, 9.17) is 0 Å². The number of nitrogens with one attached hydrogen (secondary N) is 1. The fourth-order valence-electron chi connectivity index (χ4n) is 2.57. The summed E-state index contributed by atoms with van der Waals surface area (Å²) in [6.45, 7) is 1.33. The Morgan fingerprint density at radius 3 is 2.05 bits per heavy atom. The van der Waals surface area contributed by atoms with Gasteiger partial charge in [-0.25, -0.2) is 8.78 Å². The highest BCUT2D eigenvalue weighted by atomic mass is 19.1. The third kappa shape index (κ3) is 3.26. The molecule has 0 saturated carbocycles. The van der Waals surface area contributed by atoms with Crippen molar-refractivity contribution in [3.63, 3.8) is 0 Å². The molecule has 0 aromatic heterocycles. The van der Waals surface area contributed by atoms with E-state index in [1.807, 2.05) is 0 Å². The maximum atomic E-state index is 13.7. The second-order valence-corrected chi connectivity index (χ2v) is 5.12. The zero-order valence-electron chi connectivity index (χ0n) is 11.7. The van der Waals surface area contributed by atoms with Gasteiger partial charge in [0.1, 0.15) is 17.3 Å². The first kappa shape index (κ1) is 14.8. The summed E-state index contributed by atoms with van der Waals surface area (Å²) in [5.41, 5.74) is -0.117. The lowest BCUT2D eigenvalue weighted by Gasteiger charge is -2.25. The van der Waals surface area contributed by atoms with Gasteiger partial charge in [0.2, 0.25) is 0 Å². The number of amides is 1. The Morgan fingerprint density at radius 1 is 1.05 bits per heavy atom. The molecular formula is C15H20F2N2O. The number of benzene rings is 1. The summed E-state index contributed by atoms with van der Waals surface area (Å²) in [6, 6.07) is 2.21. The highest BCUT2D eigenvalue weighted by molar-refractivity contribution is 5.94. The topological polar surface area (TPSA) is 32.3 Å². The number of rotatable bonds is 2. The number of anilines is 1. The number of hydrogen-bond acceptors (Lipinski definition) is 2. The lowest BCUT2D eigenvalue weighted by molar-refractivity contribution is 0.0741. The van der Waals surface area contributed by atoms with Crippen LogP contribution in [0.2, 0.25) is 0 Å². The van der Waals surface area contributed by atoms with Crippen molar-refractivity contribution >= 4 is 11.6 Å². The quantitative estimate of drug-likeness (QED) is 0.901. The number of carbonyl (C=O) groups is 1. The molecule has 1 saturated heterocycles. The third-order valence-corrected chi connectivity index (χ3v) is 3.68. The average Bonchev–Trinajstić information content (AvgIpc) is 2.37. The van der Waals surface area contributed by atoms with E-state index in [0.717, 1.165) is 37.8 Å². The molecule has 1 heterocycles. The van der Waals surface area contributed by atoms with Gasteiger partial charge in [-0.2, -0.15) is 0 Å². The Balaban J connectivity index is 2.19. The van der Waals surface area contributed by atoms with Crippen LogP contribution in [-0.2, 0) is 0 Å². The number of nitrogens with zero attached hydrogens (tertiary/aromatic N) is 1. The van der Waals surface area contributed by atoms with Crippen molar-refractivity contribution in [2.75, 3.05) is 25.5 Å². The first-order valence-corrected chi connectivity index (χ1v) is 7.09. The molecule has 5 heteroatoms. The fourth-order valence-corrected chi connectivity index (χ4v) is 2.57. The molecular weight excluding hydrogens is 262 g/mol. The van der Waals surface area contributed by atoms with Gasteiger partial charge in [-0.3, -0.25) is 4.79 Å². The summed E-state index contributed by atoms with van der Waals surface area (Å²) >= 11 is 0. The normalized spacial score (nSPS) is 16.4. The van der Waals surface area contributed by atoms with E-state index in [1.165, 1.54) is 13.5 Å². The molecule has 20 heavy (non-hydrogen) atoms. The molecule has 3 nitrogen and oxygen atoms in total. The molecule has 1 aromatic rings. The van der Waals surface area contributed by atoms with Crippen molar-refractivity contribution < 1.29 is 13.6 Å². The van der Waals surface area contributed by atoms with Gasteiger partial charge >= 0.3 is 0 Å². The molecule has 1 amide bonds. The van der Waals surface area contributed by atoms with Crippen LogP contribution in [0.5, 0.6) is 0 Å².